The Morgan fingerprint density at radius 3 is 2.35 bits per heavy atom. The molecule has 1 amide bonds. The predicted octanol–water partition coefficient (Wildman–Crippen LogP) is 3.06. The zero-order chi connectivity index (χ0) is 22.4. The molecule has 1 aromatic heterocycles. The highest BCUT2D eigenvalue weighted by Gasteiger charge is 2.17. The lowest BCUT2D eigenvalue weighted by atomic mass is 10.1. The normalized spacial score (nSPS) is 11.6. The van der Waals surface area contributed by atoms with Crippen LogP contribution in [-0.2, 0) is 19.6 Å². The van der Waals surface area contributed by atoms with E-state index in [0.29, 0.717) is 11.3 Å². The van der Waals surface area contributed by atoms with Gasteiger partial charge in [0.05, 0.1) is 12.0 Å². The summed E-state index contributed by atoms with van der Waals surface area (Å²) in [5, 5.41) is 14.3. The third-order valence-electron chi connectivity index (χ3n) is 3.95. The molecule has 1 heterocycles. The second-order valence-electron chi connectivity index (χ2n) is 6.04. The molecule has 3 rings (SSSR count). The van der Waals surface area contributed by atoms with Crippen molar-refractivity contribution >= 4 is 49.6 Å². The fraction of sp³-hybridized carbons (Fsp3) is 0.0500. The number of anilines is 2. The number of hydrogen-bond acceptors (Lipinski definition) is 8. The number of rotatable bonds is 8. The third kappa shape index (κ3) is 5.68. The van der Waals surface area contributed by atoms with Crippen LogP contribution in [0, 0.1) is 0 Å². The molecule has 0 radical (unpaired) electrons. The number of sulfonamides is 1. The Labute approximate surface area is 182 Å². The molecule has 0 aliphatic carbocycles. The van der Waals surface area contributed by atoms with Gasteiger partial charge in [0.2, 0.25) is 5.78 Å². The minimum absolute atomic E-state index is 0.0379. The molecule has 0 aliphatic rings. The van der Waals surface area contributed by atoms with Crippen molar-refractivity contribution in [3.63, 3.8) is 0 Å². The number of aromatic nitrogens is 1. The molecule has 0 spiro atoms. The fourth-order valence-electron chi connectivity index (χ4n) is 2.39. The van der Waals surface area contributed by atoms with Gasteiger partial charge in [0.15, 0.2) is 5.13 Å². The van der Waals surface area contributed by atoms with E-state index in [0.717, 1.165) is 17.4 Å². The van der Waals surface area contributed by atoms with Crippen LogP contribution in [0.1, 0.15) is 5.56 Å². The van der Waals surface area contributed by atoms with Gasteiger partial charge in [0.1, 0.15) is 11.5 Å². The maximum atomic E-state index is 12.3. The fourth-order valence-corrected chi connectivity index (χ4v) is 4.18. The molecule has 0 unspecified atom stereocenters. The molecule has 0 aliphatic heterocycles. The van der Waals surface area contributed by atoms with Crippen molar-refractivity contribution in [3.05, 3.63) is 71.7 Å². The van der Waals surface area contributed by atoms with Crippen LogP contribution < -0.4 is 14.8 Å². The van der Waals surface area contributed by atoms with Crippen molar-refractivity contribution in [2.24, 2.45) is 0 Å². The summed E-state index contributed by atoms with van der Waals surface area (Å²) in [7, 11) is -2.33. The van der Waals surface area contributed by atoms with Gasteiger partial charge in [-0.2, -0.15) is 0 Å². The molecule has 31 heavy (non-hydrogen) atoms. The predicted molar refractivity (Wildman–Crippen MR) is 117 cm³/mol. The van der Waals surface area contributed by atoms with Crippen molar-refractivity contribution < 1.29 is 27.9 Å². The van der Waals surface area contributed by atoms with E-state index in [2.05, 4.69) is 15.0 Å². The lowest BCUT2D eigenvalue weighted by Gasteiger charge is -2.07. The number of ketones is 1. The SMILES string of the molecule is COc1ccc(/C(O)=C/C(=O)C(=O)Nc2ccc(S(=O)(=O)Nc3nccs3)cc2)cc1. The van der Waals surface area contributed by atoms with Gasteiger partial charge in [0, 0.05) is 28.9 Å². The molecule has 9 nitrogen and oxygen atoms in total. The number of nitrogens with one attached hydrogen (secondary N) is 2. The average Bonchev–Trinajstić information content (AvgIpc) is 3.26. The van der Waals surface area contributed by atoms with Crippen molar-refractivity contribution in [2.45, 2.75) is 4.90 Å². The maximum Gasteiger partial charge on any atom is 0.296 e. The lowest BCUT2D eigenvalue weighted by molar-refractivity contribution is -0.131. The van der Waals surface area contributed by atoms with Gasteiger partial charge in [-0.15, -0.1) is 11.3 Å². The van der Waals surface area contributed by atoms with Crippen LogP contribution in [-0.4, -0.2) is 37.3 Å². The highest BCUT2D eigenvalue weighted by atomic mass is 32.2. The van der Waals surface area contributed by atoms with Crippen molar-refractivity contribution in [1.29, 1.82) is 0 Å². The van der Waals surface area contributed by atoms with Crippen LogP contribution >= 0.6 is 11.3 Å². The summed E-state index contributed by atoms with van der Waals surface area (Å²) in [5.74, 6) is -1.77. The first-order valence-corrected chi connectivity index (χ1v) is 11.1. The molecule has 0 saturated heterocycles. The Morgan fingerprint density at radius 2 is 1.77 bits per heavy atom. The number of carbonyl (C=O) groups is 2. The number of amides is 1. The van der Waals surface area contributed by atoms with Crippen molar-refractivity contribution in [3.8, 4) is 5.75 Å². The Hall–Kier alpha value is -3.70. The highest BCUT2D eigenvalue weighted by molar-refractivity contribution is 7.93. The van der Waals surface area contributed by atoms with Gasteiger partial charge in [-0.05, 0) is 48.5 Å². The molecule has 0 bridgehead atoms. The van der Waals surface area contributed by atoms with Crippen molar-refractivity contribution in [2.75, 3.05) is 17.1 Å². The molecular weight excluding hydrogens is 442 g/mol. The second-order valence-corrected chi connectivity index (χ2v) is 8.62. The van der Waals surface area contributed by atoms with E-state index in [1.165, 1.54) is 49.7 Å². The summed E-state index contributed by atoms with van der Waals surface area (Å²) in [6.07, 6.45) is 2.27. The summed E-state index contributed by atoms with van der Waals surface area (Å²) < 4.78 is 32.0. The standard InChI is InChI=1S/C20H17N3O6S2/c1-29-15-6-2-13(3-7-15)17(24)12-18(25)19(26)22-14-4-8-16(9-5-14)31(27,28)23-20-21-10-11-30-20/h2-12,24H,1H3,(H,21,23)(H,22,26)/b17-12-. The summed E-state index contributed by atoms with van der Waals surface area (Å²) in [6, 6.07) is 11.5. The molecule has 3 N–H and O–H groups in total. The number of carbonyl (C=O) groups excluding carboxylic acids is 2. The quantitative estimate of drug-likeness (QED) is 0.268. The number of aliphatic hydroxyl groups excluding tert-OH is 1. The third-order valence-corrected chi connectivity index (χ3v) is 6.13. The first-order chi connectivity index (χ1) is 14.8. The van der Waals surface area contributed by atoms with Gasteiger partial charge in [-0.25, -0.2) is 13.4 Å². The Bertz CT molecular complexity index is 1200. The van der Waals surface area contributed by atoms with Crippen LogP contribution in [0.3, 0.4) is 0 Å². The van der Waals surface area contributed by atoms with Crippen LogP contribution in [0.25, 0.3) is 5.76 Å². The molecule has 0 atom stereocenters. The van der Waals surface area contributed by atoms with E-state index in [9.17, 15) is 23.1 Å². The van der Waals surface area contributed by atoms with Gasteiger partial charge in [-0.3, -0.25) is 14.3 Å². The maximum absolute atomic E-state index is 12.3. The number of aliphatic hydroxyl groups is 1. The zero-order valence-corrected chi connectivity index (χ0v) is 17.7. The largest absolute Gasteiger partial charge is 0.507 e. The first-order valence-electron chi connectivity index (χ1n) is 8.71. The highest BCUT2D eigenvalue weighted by Crippen LogP contribution is 2.20. The lowest BCUT2D eigenvalue weighted by Crippen LogP contribution is -2.21. The van der Waals surface area contributed by atoms with Gasteiger partial charge >= 0.3 is 0 Å². The first kappa shape index (κ1) is 22.0. The van der Waals surface area contributed by atoms with Crippen LogP contribution in [0.15, 0.2) is 71.1 Å². The molecule has 0 fully saturated rings. The zero-order valence-electron chi connectivity index (χ0n) is 16.1. The molecule has 0 saturated carbocycles. The van der Waals surface area contributed by atoms with E-state index in [1.54, 1.807) is 17.5 Å². The molecule has 11 heteroatoms. The van der Waals surface area contributed by atoms with Gasteiger partial charge in [0.25, 0.3) is 15.9 Å². The average molecular weight is 460 g/mol. The minimum Gasteiger partial charge on any atom is -0.507 e. The monoisotopic (exact) mass is 459 g/mol. The number of thiazole rings is 1. The summed E-state index contributed by atoms with van der Waals surface area (Å²) in [6.45, 7) is 0. The smallest absolute Gasteiger partial charge is 0.296 e. The molecule has 160 valence electrons. The van der Waals surface area contributed by atoms with E-state index >= 15 is 0 Å². The van der Waals surface area contributed by atoms with E-state index in [4.69, 9.17) is 4.74 Å². The van der Waals surface area contributed by atoms with E-state index in [-0.39, 0.29) is 21.5 Å². The van der Waals surface area contributed by atoms with E-state index < -0.39 is 21.7 Å². The topological polar surface area (TPSA) is 135 Å². The number of nitrogens with zero attached hydrogens (tertiary/aromatic N) is 1. The van der Waals surface area contributed by atoms with Crippen LogP contribution in [0.4, 0.5) is 10.8 Å². The Morgan fingerprint density at radius 1 is 1.10 bits per heavy atom. The Balaban J connectivity index is 1.65. The summed E-state index contributed by atoms with van der Waals surface area (Å²) in [5.41, 5.74) is 0.549. The molecule has 3 aromatic rings. The molecule has 2 aromatic carbocycles. The number of ether oxygens (including phenoxy) is 1. The van der Waals surface area contributed by atoms with Crippen LogP contribution in [0.2, 0.25) is 0 Å². The van der Waals surface area contributed by atoms with Crippen molar-refractivity contribution in [1.82, 2.24) is 4.98 Å². The molecular formula is C20H17N3O6S2. The number of hydrogen-bond donors (Lipinski definition) is 3. The summed E-state index contributed by atoms with van der Waals surface area (Å²) >= 11 is 1.14. The van der Waals surface area contributed by atoms with Crippen LogP contribution in [0.5, 0.6) is 5.75 Å². The second kappa shape index (κ2) is 9.41. The Kier molecular flexibility index (Phi) is 6.68. The van der Waals surface area contributed by atoms with Gasteiger partial charge in [-0.1, -0.05) is 0 Å². The van der Waals surface area contributed by atoms with E-state index in [1.807, 2.05) is 0 Å². The van der Waals surface area contributed by atoms with Gasteiger partial charge < -0.3 is 15.2 Å². The number of methoxy groups -OCH3 is 1. The summed E-state index contributed by atoms with van der Waals surface area (Å²) in [4.78, 5) is 28.0. The minimum atomic E-state index is -3.83. The number of benzene rings is 2.